The zero-order valence-electron chi connectivity index (χ0n) is 18.9. The third-order valence-electron chi connectivity index (χ3n) is 6.81. The Balaban J connectivity index is 1.59. The summed E-state index contributed by atoms with van der Waals surface area (Å²) in [6.45, 7) is 3.80. The van der Waals surface area contributed by atoms with E-state index in [-0.39, 0.29) is 17.7 Å². The summed E-state index contributed by atoms with van der Waals surface area (Å²) in [5, 5.41) is 3.07. The average Bonchev–Trinajstić information content (AvgIpc) is 2.85. The molecule has 5 nitrogen and oxygen atoms in total. The second kappa shape index (κ2) is 10.1. The highest BCUT2D eigenvalue weighted by Gasteiger charge is 2.44. The maximum Gasteiger partial charge on any atom is 0.228 e. The van der Waals surface area contributed by atoms with E-state index >= 15 is 0 Å². The summed E-state index contributed by atoms with van der Waals surface area (Å²) < 4.78 is 0. The van der Waals surface area contributed by atoms with Gasteiger partial charge in [-0.05, 0) is 74.3 Å². The molecule has 1 aromatic heterocycles. The van der Waals surface area contributed by atoms with E-state index in [0.29, 0.717) is 19.5 Å². The van der Waals surface area contributed by atoms with Crippen molar-refractivity contribution < 1.29 is 9.59 Å². The van der Waals surface area contributed by atoms with Crippen molar-refractivity contribution in [3.05, 3.63) is 66.5 Å². The minimum Gasteiger partial charge on any atom is -0.356 e. The fraction of sp³-hybridized carbons (Fsp3) is 0.444. The van der Waals surface area contributed by atoms with Crippen molar-refractivity contribution >= 4 is 11.8 Å². The van der Waals surface area contributed by atoms with Crippen LogP contribution in [0.2, 0.25) is 0 Å². The number of aromatic nitrogens is 1. The highest BCUT2D eigenvalue weighted by atomic mass is 16.2. The molecule has 0 spiro atoms. The molecule has 1 aromatic carbocycles. The molecule has 168 valence electrons. The summed E-state index contributed by atoms with van der Waals surface area (Å²) in [5.74, 6) is 0.337. The standard InChI is InChI=1S/C27H33N3O2/c1-2-29-26(32)27(14-7-17-30(20-27)25(31)23-9-4-3-5-10-23)19-21-8-6-11-24(18-21)22-12-15-28-16-13-22/h3-4,6,8,11-13,15-16,18,23H,2,5,7,9-10,14,17,19-20H2,1H3,(H,29,32). The molecule has 2 heterocycles. The molecular formula is C27H33N3O2. The van der Waals surface area contributed by atoms with Gasteiger partial charge in [-0.15, -0.1) is 0 Å². The molecule has 2 aliphatic rings. The number of hydrogen-bond acceptors (Lipinski definition) is 3. The number of nitrogens with zero attached hydrogens (tertiary/aromatic N) is 2. The van der Waals surface area contributed by atoms with Gasteiger partial charge in [0.15, 0.2) is 0 Å². The van der Waals surface area contributed by atoms with E-state index < -0.39 is 5.41 Å². The topological polar surface area (TPSA) is 62.3 Å². The molecule has 0 saturated carbocycles. The number of rotatable bonds is 6. The monoisotopic (exact) mass is 431 g/mol. The highest BCUT2D eigenvalue weighted by molar-refractivity contribution is 5.85. The lowest BCUT2D eigenvalue weighted by atomic mass is 9.73. The summed E-state index contributed by atoms with van der Waals surface area (Å²) in [5.41, 5.74) is 2.76. The van der Waals surface area contributed by atoms with E-state index in [0.717, 1.165) is 55.3 Å². The van der Waals surface area contributed by atoms with Crippen molar-refractivity contribution in [1.82, 2.24) is 15.2 Å². The molecule has 1 N–H and O–H groups in total. The SMILES string of the molecule is CCNC(=O)C1(Cc2cccc(-c3ccncc3)c2)CCCN(C(=O)C2CC=CCC2)C1. The van der Waals surface area contributed by atoms with Crippen LogP contribution in [0.25, 0.3) is 11.1 Å². The van der Waals surface area contributed by atoms with Crippen molar-refractivity contribution in [1.29, 1.82) is 0 Å². The van der Waals surface area contributed by atoms with E-state index in [2.05, 4.69) is 46.7 Å². The number of hydrogen-bond donors (Lipinski definition) is 1. The van der Waals surface area contributed by atoms with Crippen LogP contribution >= 0.6 is 0 Å². The fourth-order valence-electron chi connectivity index (χ4n) is 5.15. The molecule has 2 aromatic rings. The van der Waals surface area contributed by atoms with E-state index in [4.69, 9.17) is 0 Å². The molecule has 32 heavy (non-hydrogen) atoms. The normalized spacial score (nSPS) is 23.0. The van der Waals surface area contributed by atoms with Crippen LogP contribution in [-0.4, -0.2) is 41.3 Å². The number of pyridine rings is 1. The Labute approximate surface area is 190 Å². The third kappa shape index (κ3) is 4.93. The van der Waals surface area contributed by atoms with Gasteiger partial charge in [0.1, 0.15) is 0 Å². The van der Waals surface area contributed by atoms with Gasteiger partial charge in [0.05, 0.1) is 5.41 Å². The number of piperidine rings is 1. The molecule has 1 aliphatic heterocycles. The minimum absolute atomic E-state index is 0.0556. The summed E-state index contributed by atoms with van der Waals surface area (Å²) in [6.07, 6.45) is 12.9. The smallest absolute Gasteiger partial charge is 0.228 e. The molecule has 0 bridgehead atoms. The number of allylic oxidation sites excluding steroid dienone is 2. The van der Waals surface area contributed by atoms with Crippen molar-refractivity contribution in [3.63, 3.8) is 0 Å². The van der Waals surface area contributed by atoms with Gasteiger partial charge in [0.25, 0.3) is 0 Å². The van der Waals surface area contributed by atoms with E-state index in [1.807, 2.05) is 24.0 Å². The van der Waals surface area contributed by atoms with Gasteiger partial charge in [-0.3, -0.25) is 14.6 Å². The summed E-state index contributed by atoms with van der Waals surface area (Å²) in [7, 11) is 0. The van der Waals surface area contributed by atoms with Crippen molar-refractivity contribution in [3.8, 4) is 11.1 Å². The third-order valence-corrected chi connectivity index (χ3v) is 6.81. The lowest BCUT2D eigenvalue weighted by Crippen LogP contribution is -2.55. The fourth-order valence-corrected chi connectivity index (χ4v) is 5.15. The molecule has 2 unspecified atom stereocenters. The largest absolute Gasteiger partial charge is 0.356 e. The molecule has 1 aliphatic carbocycles. The molecule has 2 atom stereocenters. The maximum atomic E-state index is 13.4. The second-order valence-corrected chi connectivity index (χ2v) is 9.10. The van der Waals surface area contributed by atoms with Crippen LogP contribution in [0.15, 0.2) is 60.9 Å². The van der Waals surface area contributed by atoms with Gasteiger partial charge < -0.3 is 10.2 Å². The molecule has 0 radical (unpaired) electrons. The molecule has 5 heteroatoms. The summed E-state index contributed by atoms with van der Waals surface area (Å²) >= 11 is 0. The van der Waals surface area contributed by atoms with Crippen LogP contribution in [-0.2, 0) is 16.0 Å². The number of likely N-dealkylation sites (tertiary alicyclic amines) is 1. The Hall–Kier alpha value is -2.95. The first-order chi connectivity index (χ1) is 15.6. The first-order valence-electron chi connectivity index (χ1n) is 11.8. The lowest BCUT2D eigenvalue weighted by molar-refractivity contribution is -0.144. The number of benzene rings is 1. The Kier molecular flexibility index (Phi) is 7.03. The molecule has 1 fully saturated rings. The Bertz CT molecular complexity index is 972. The quantitative estimate of drug-likeness (QED) is 0.690. The first kappa shape index (κ1) is 22.3. The summed E-state index contributed by atoms with van der Waals surface area (Å²) in [4.78, 5) is 32.7. The lowest BCUT2D eigenvalue weighted by Gasteiger charge is -2.43. The zero-order chi connectivity index (χ0) is 22.4. The molecular weight excluding hydrogens is 398 g/mol. The zero-order valence-corrected chi connectivity index (χ0v) is 18.9. The van der Waals surface area contributed by atoms with E-state index in [1.54, 1.807) is 12.4 Å². The predicted molar refractivity (Wildman–Crippen MR) is 127 cm³/mol. The molecule has 1 saturated heterocycles. The first-order valence-corrected chi connectivity index (χ1v) is 11.8. The van der Waals surface area contributed by atoms with Crippen molar-refractivity contribution in [2.75, 3.05) is 19.6 Å². The van der Waals surface area contributed by atoms with Crippen LogP contribution < -0.4 is 5.32 Å². The van der Waals surface area contributed by atoms with Crippen LogP contribution in [0.5, 0.6) is 0 Å². The second-order valence-electron chi connectivity index (χ2n) is 9.10. The van der Waals surface area contributed by atoms with E-state index in [1.165, 1.54) is 0 Å². The number of carbonyl (C=O) groups is 2. The predicted octanol–water partition coefficient (Wildman–Crippen LogP) is 4.39. The molecule has 4 rings (SSSR count). The van der Waals surface area contributed by atoms with Gasteiger partial charge in [0, 0.05) is 37.9 Å². The molecule has 2 amide bonds. The van der Waals surface area contributed by atoms with Crippen LogP contribution in [0.3, 0.4) is 0 Å². The van der Waals surface area contributed by atoms with E-state index in [9.17, 15) is 9.59 Å². The van der Waals surface area contributed by atoms with Gasteiger partial charge in [0.2, 0.25) is 11.8 Å². The van der Waals surface area contributed by atoms with Gasteiger partial charge >= 0.3 is 0 Å². The Morgan fingerprint density at radius 3 is 2.75 bits per heavy atom. The van der Waals surface area contributed by atoms with Crippen molar-refractivity contribution in [2.45, 2.75) is 45.4 Å². The Morgan fingerprint density at radius 1 is 1.16 bits per heavy atom. The highest BCUT2D eigenvalue weighted by Crippen LogP contribution is 2.36. The van der Waals surface area contributed by atoms with Crippen molar-refractivity contribution in [2.24, 2.45) is 11.3 Å². The van der Waals surface area contributed by atoms with Gasteiger partial charge in [-0.25, -0.2) is 0 Å². The van der Waals surface area contributed by atoms with Gasteiger partial charge in [-0.1, -0.05) is 36.4 Å². The van der Waals surface area contributed by atoms with Crippen LogP contribution in [0, 0.1) is 11.3 Å². The van der Waals surface area contributed by atoms with Crippen LogP contribution in [0.1, 0.15) is 44.6 Å². The number of carbonyl (C=O) groups excluding carboxylic acids is 2. The maximum absolute atomic E-state index is 13.4. The van der Waals surface area contributed by atoms with Crippen LogP contribution in [0.4, 0.5) is 0 Å². The number of nitrogens with one attached hydrogen (secondary N) is 1. The average molecular weight is 432 g/mol. The minimum atomic E-state index is -0.592. The summed E-state index contributed by atoms with van der Waals surface area (Å²) in [6, 6.07) is 12.4. The van der Waals surface area contributed by atoms with Gasteiger partial charge in [-0.2, -0.15) is 0 Å². The Morgan fingerprint density at radius 2 is 2.00 bits per heavy atom. The number of amides is 2.